The van der Waals surface area contributed by atoms with Gasteiger partial charge in [-0.25, -0.2) is 0 Å². The topological polar surface area (TPSA) is 20.2 Å². The number of hydrogen-bond donors (Lipinski definition) is 1. The highest BCUT2D eigenvalue weighted by atomic mass is 127. The van der Waals surface area contributed by atoms with Crippen LogP contribution in [-0.2, 0) is 0 Å². The summed E-state index contributed by atoms with van der Waals surface area (Å²) in [6.45, 7) is 6.12. The Morgan fingerprint density at radius 3 is 2.25 bits per heavy atom. The summed E-state index contributed by atoms with van der Waals surface area (Å²) in [7, 11) is 0. The minimum Gasteiger partial charge on any atom is -0.508 e. The molecule has 0 atom stereocenters. The molecule has 0 aromatic heterocycles. The highest BCUT2D eigenvalue weighted by Gasteiger charge is 2.03. The molecule has 0 radical (unpaired) electrons. The lowest BCUT2D eigenvalue weighted by Gasteiger charge is -2.07. The summed E-state index contributed by atoms with van der Waals surface area (Å²) in [5.41, 5.74) is 2.13. The lowest BCUT2D eigenvalue weighted by Crippen LogP contribution is -1.87. The molecule has 1 aromatic rings. The van der Waals surface area contributed by atoms with Crippen LogP contribution in [-0.4, -0.2) is 5.11 Å². The maximum atomic E-state index is 9.46. The Bertz CT molecular complexity index is 256. The van der Waals surface area contributed by atoms with Crippen molar-refractivity contribution in [3.63, 3.8) is 0 Å². The molecule has 1 nitrogen and oxygen atoms in total. The molecule has 68 valence electrons. The first-order chi connectivity index (χ1) is 5.11. The highest BCUT2D eigenvalue weighted by molar-refractivity contribution is 14.0. The molecule has 0 heterocycles. The van der Waals surface area contributed by atoms with Crippen molar-refractivity contribution in [1.82, 2.24) is 0 Å². The van der Waals surface area contributed by atoms with Crippen molar-refractivity contribution in [2.45, 2.75) is 26.7 Å². The molecule has 0 spiro atoms. The minimum absolute atomic E-state index is 0. The van der Waals surface area contributed by atoms with Gasteiger partial charge in [0.05, 0.1) is 0 Å². The molecule has 0 amide bonds. The summed E-state index contributed by atoms with van der Waals surface area (Å²) in [5, 5.41) is 9.46. The van der Waals surface area contributed by atoms with Crippen molar-refractivity contribution in [3.05, 3.63) is 29.3 Å². The van der Waals surface area contributed by atoms with Crippen molar-refractivity contribution in [2.24, 2.45) is 0 Å². The second-order valence-electron chi connectivity index (χ2n) is 3.22. The first-order valence-electron chi connectivity index (χ1n) is 3.91. The average Bonchev–Trinajstić information content (AvgIpc) is 1.85. The van der Waals surface area contributed by atoms with Crippen LogP contribution in [0.25, 0.3) is 0 Å². The SMILES string of the molecule is Cc1ccc(C(C)C)c(O)c1.I. The number of halogens is 1. The van der Waals surface area contributed by atoms with Crippen LogP contribution in [0, 0.1) is 6.92 Å². The predicted octanol–water partition coefficient (Wildman–Crippen LogP) is 3.44. The number of phenolic OH excluding ortho intramolecular Hbond substituents is 1. The van der Waals surface area contributed by atoms with Crippen LogP contribution in [0.15, 0.2) is 18.2 Å². The fraction of sp³-hybridized carbons (Fsp3) is 0.400. The second-order valence-corrected chi connectivity index (χ2v) is 3.22. The molecule has 1 rings (SSSR count). The fourth-order valence-electron chi connectivity index (χ4n) is 1.14. The van der Waals surface area contributed by atoms with E-state index >= 15 is 0 Å². The molecular formula is C10H15IO. The standard InChI is InChI=1S/C10H14O.HI/c1-7(2)9-5-4-8(3)6-10(9)11;/h4-7,11H,1-3H3;1H. The van der Waals surface area contributed by atoms with Crippen LogP contribution in [0.2, 0.25) is 0 Å². The van der Waals surface area contributed by atoms with Crippen molar-refractivity contribution >= 4 is 24.0 Å². The quantitative estimate of drug-likeness (QED) is 0.780. The summed E-state index contributed by atoms with van der Waals surface area (Å²) in [6, 6.07) is 5.81. The number of aryl methyl sites for hydroxylation is 1. The van der Waals surface area contributed by atoms with Gasteiger partial charge < -0.3 is 5.11 Å². The van der Waals surface area contributed by atoms with Crippen LogP contribution in [0.1, 0.15) is 30.9 Å². The van der Waals surface area contributed by atoms with Gasteiger partial charge in [-0.05, 0) is 30.0 Å². The van der Waals surface area contributed by atoms with Crippen LogP contribution < -0.4 is 0 Å². The zero-order valence-electron chi connectivity index (χ0n) is 7.66. The van der Waals surface area contributed by atoms with E-state index in [9.17, 15) is 5.11 Å². The van der Waals surface area contributed by atoms with Gasteiger partial charge in [-0.2, -0.15) is 0 Å². The van der Waals surface area contributed by atoms with E-state index in [0.29, 0.717) is 11.7 Å². The van der Waals surface area contributed by atoms with Crippen molar-refractivity contribution in [2.75, 3.05) is 0 Å². The van der Waals surface area contributed by atoms with Crippen LogP contribution in [0.5, 0.6) is 5.75 Å². The molecule has 0 fully saturated rings. The maximum Gasteiger partial charge on any atom is 0.119 e. The molecule has 0 bridgehead atoms. The van der Waals surface area contributed by atoms with E-state index in [4.69, 9.17) is 0 Å². The predicted molar refractivity (Wildman–Crippen MR) is 62.3 cm³/mol. The highest BCUT2D eigenvalue weighted by Crippen LogP contribution is 2.25. The Balaban J connectivity index is 0.00000121. The Labute approximate surface area is 90.8 Å². The number of aromatic hydroxyl groups is 1. The molecule has 0 aliphatic carbocycles. The molecule has 0 unspecified atom stereocenters. The average molecular weight is 278 g/mol. The van der Waals surface area contributed by atoms with Gasteiger partial charge in [-0.15, -0.1) is 24.0 Å². The fourth-order valence-corrected chi connectivity index (χ4v) is 1.14. The Morgan fingerprint density at radius 1 is 1.25 bits per heavy atom. The van der Waals surface area contributed by atoms with E-state index in [2.05, 4.69) is 13.8 Å². The third-order valence-corrected chi connectivity index (χ3v) is 1.81. The maximum absolute atomic E-state index is 9.46. The summed E-state index contributed by atoms with van der Waals surface area (Å²) in [5.74, 6) is 0.815. The number of rotatable bonds is 1. The molecule has 0 saturated heterocycles. The molecule has 1 aromatic carbocycles. The molecule has 12 heavy (non-hydrogen) atoms. The minimum atomic E-state index is 0. The van der Waals surface area contributed by atoms with Gasteiger partial charge in [0.1, 0.15) is 5.75 Å². The first-order valence-corrected chi connectivity index (χ1v) is 3.91. The second kappa shape index (κ2) is 4.70. The Hall–Kier alpha value is -0.250. The van der Waals surface area contributed by atoms with E-state index in [1.54, 1.807) is 6.07 Å². The zero-order valence-corrected chi connectivity index (χ0v) is 10.00. The third-order valence-electron chi connectivity index (χ3n) is 1.81. The number of phenols is 1. The van der Waals surface area contributed by atoms with Crippen molar-refractivity contribution in [3.8, 4) is 5.75 Å². The molecule has 0 aliphatic rings. The largest absolute Gasteiger partial charge is 0.508 e. The van der Waals surface area contributed by atoms with Gasteiger partial charge in [-0.1, -0.05) is 26.0 Å². The normalized spacial score (nSPS) is 9.67. The number of hydrogen-bond acceptors (Lipinski definition) is 1. The van der Waals surface area contributed by atoms with E-state index in [1.165, 1.54) is 0 Å². The summed E-state index contributed by atoms with van der Waals surface area (Å²) < 4.78 is 0. The monoisotopic (exact) mass is 278 g/mol. The molecule has 0 saturated carbocycles. The van der Waals surface area contributed by atoms with Gasteiger partial charge in [-0.3, -0.25) is 0 Å². The van der Waals surface area contributed by atoms with Crippen LogP contribution >= 0.6 is 24.0 Å². The summed E-state index contributed by atoms with van der Waals surface area (Å²) >= 11 is 0. The zero-order chi connectivity index (χ0) is 8.43. The van der Waals surface area contributed by atoms with Gasteiger partial charge >= 0.3 is 0 Å². The third kappa shape index (κ3) is 2.66. The van der Waals surface area contributed by atoms with Gasteiger partial charge in [0.2, 0.25) is 0 Å². The van der Waals surface area contributed by atoms with Crippen molar-refractivity contribution in [1.29, 1.82) is 0 Å². The molecule has 0 aliphatic heterocycles. The summed E-state index contributed by atoms with van der Waals surface area (Å²) in [4.78, 5) is 0. The van der Waals surface area contributed by atoms with Crippen LogP contribution in [0.3, 0.4) is 0 Å². The van der Waals surface area contributed by atoms with E-state index in [0.717, 1.165) is 11.1 Å². The smallest absolute Gasteiger partial charge is 0.119 e. The molecule has 2 heteroatoms. The van der Waals surface area contributed by atoms with E-state index < -0.39 is 0 Å². The number of benzene rings is 1. The van der Waals surface area contributed by atoms with Gasteiger partial charge in [0.15, 0.2) is 0 Å². The molecular weight excluding hydrogens is 263 g/mol. The van der Waals surface area contributed by atoms with Gasteiger partial charge in [0, 0.05) is 0 Å². The van der Waals surface area contributed by atoms with Crippen LogP contribution in [0.4, 0.5) is 0 Å². The van der Waals surface area contributed by atoms with E-state index in [-0.39, 0.29) is 24.0 Å². The van der Waals surface area contributed by atoms with Crippen molar-refractivity contribution < 1.29 is 5.11 Å². The molecule has 1 N–H and O–H groups in total. The van der Waals surface area contributed by atoms with E-state index in [1.807, 2.05) is 19.1 Å². The lowest BCUT2D eigenvalue weighted by atomic mass is 10.0. The van der Waals surface area contributed by atoms with Gasteiger partial charge in [0.25, 0.3) is 0 Å². The Kier molecular flexibility index (Phi) is 4.60. The summed E-state index contributed by atoms with van der Waals surface area (Å²) in [6.07, 6.45) is 0. The lowest BCUT2D eigenvalue weighted by molar-refractivity contribution is 0.464. The first kappa shape index (κ1) is 11.8. The Morgan fingerprint density at radius 2 is 1.83 bits per heavy atom.